The molecule has 0 rings (SSSR count). The van der Waals surface area contributed by atoms with Gasteiger partial charge in [-0.2, -0.15) is 11.8 Å². The van der Waals surface area contributed by atoms with Gasteiger partial charge in [0.25, 0.3) is 0 Å². The van der Waals surface area contributed by atoms with Crippen LogP contribution >= 0.6 is 11.8 Å². The molecule has 0 amide bonds. The fourth-order valence-electron chi connectivity index (χ4n) is 0.969. The Bertz CT molecular complexity index is 128. The Labute approximate surface area is 92.9 Å². The molecule has 14 heavy (non-hydrogen) atoms. The van der Waals surface area contributed by atoms with Crippen LogP contribution in [0.15, 0.2) is 0 Å². The van der Waals surface area contributed by atoms with E-state index < -0.39 is 0 Å². The number of thioether (sulfide) groups is 1. The van der Waals surface area contributed by atoms with Crippen LogP contribution in [0.2, 0.25) is 0 Å². The second-order valence-electron chi connectivity index (χ2n) is 4.47. The summed E-state index contributed by atoms with van der Waals surface area (Å²) in [5.74, 6) is 2.79. The van der Waals surface area contributed by atoms with Gasteiger partial charge in [0.1, 0.15) is 0 Å². The van der Waals surface area contributed by atoms with Crippen LogP contribution in [0.1, 0.15) is 34.1 Å². The third-order valence-electron chi connectivity index (χ3n) is 1.91. The minimum absolute atomic E-state index is 0.199. The summed E-state index contributed by atoms with van der Waals surface area (Å²) in [6.45, 7) is 9.37. The maximum atomic E-state index is 9.58. The zero-order valence-electron chi connectivity index (χ0n) is 9.92. The average Bonchev–Trinajstić information content (AvgIpc) is 2.08. The van der Waals surface area contributed by atoms with Crippen molar-refractivity contribution in [1.82, 2.24) is 5.32 Å². The molecular weight excluding hydrogens is 194 g/mol. The highest BCUT2D eigenvalue weighted by Gasteiger charge is 2.04. The third kappa shape index (κ3) is 10.4. The van der Waals surface area contributed by atoms with Crippen LogP contribution in [0.5, 0.6) is 0 Å². The molecular formula is C11H25NOS. The molecule has 3 heteroatoms. The molecule has 2 nitrogen and oxygen atoms in total. The first-order valence-corrected chi connectivity index (χ1v) is 6.67. The third-order valence-corrected chi connectivity index (χ3v) is 3.06. The molecule has 1 unspecified atom stereocenters. The predicted molar refractivity (Wildman–Crippen MR) is 65.9 cm³/mol. The standard InChI is InChI=1S/C11H25NOS/c1-9(2)5-6-14-8-11(13)7-12-10(3)4/h9-13H,5-8H2,1-4H3. The van der Waals surface area contributed by atoms with E-state index in [1.54, 1.807) is 0 Å². The quantitative estimate of drug-likeness (QED) is 0.613. The van der Waals surface area contributed by atoms with Crippen LogP contribution in [0.4, 0.5) is 0 Å². The van der Waals surface area contributed by atoms with Crippen molar-refractivity contribution in [2.75, 3.05) is 18.1 Å². The van der Waals surface area contributed by atoms with Gasteiger partial charge in [-0.25, -0.2) is 0 Å². The van der Waals surface area contributed by atoms with Crippen molar-refractivity contribution in [2.24, 2.45) is 5.92 Å². The topological polar surface area (TPSA) is 32.3 Å². The van der Waals surface area contributed by atoms with Crippen LogP contribution in [-0.4, -0.2) is 35.3 Å². The molecule has 1 atom stereocenters. The van der Waals surface area contributed by atoms with E-state index in [0.29, 0.717) is 12.6 Å². The summed E-state index contributed by atoms with van der Waals surface area (Å²) in [6, 6.07) is 0.463. The van der Waals surface area contributed by atoms with Gasteiger partial charge in [0, 0.05) is 18.3 Å². The molecule has 0 spiro atoms. The van der Waals surface area contributed by atoms with E-state index in [1.165, 1.54) is 6.42 Å². The molecule has 2 N–H and O–H groups in total. The van der Waals surface area contributed by atoms with Gasteiger partial charge in [0.2, 0.25) is 0 Å². The first-order chi connectivity index (χ1) is 6.52. The fourth-order valence-corrected chi connectivity index (χ4v) is 2.16. The normalized spacial score (nSPS) is 13.9. The number of hydrogen-bond donors (Lipinski definition) is 2. The Balaban J connectivity index is 3.22. The maximum absolute atomic E-state index is 9.58. The van der Waals surface area contributed by atoms with Crippen molar-refractivity contribution >= 4 is 11.8 Å². The Kier molecular flexibility index (Phi) is 8.73. The van der Waals surface area contributed by atoms with Gasteiger partial charge in [-0.1, -0.05) is 27.7 Å². The minimum Gasteiger partial charge on any atom is -0.391 e. The Hall–Kier alpha value is 0.270. The Morgan fingerprint density at radius 1 is 1.21 bits per heavy atom. The van der Waals surface area contributed by atoms with Crippen LogP contribution < -0.4 is 5.32 Å². The van der Waals surface area contributed by atoms with Gasteiger partial charge < -0.3 is 10.4 Å². The molecule has 0 saturated carbocycles. The molecule has 0 radical (unpaired) electrons. The summed E-state index contributed by atoms with van der Waals surface area (Å²) in [4.78, 5) is 0. The Morgan fingerprint density at radius 2 is 1.86 bits per heavy atom. The molecule has 0 aliphatic heterocycles. The molecule has 0 aliphatic carbocycles. The molecule has 0 heterocycles. The van der Waals surface area contributed by atoms with E-state index in [9.17, 15) is 5.11 Å². The van der Waals surface area contributed by atoms with Crippen molar-refractivity contribution in [3.05, 3.63) is 0 Å². The van der Waals surface area contributed by atoms with Gasteiger partial charge in [0.15, 0.2) is 0 Å². The highest BCUT2D eigenvalue weighted by Crippen LogP contribution is 2.09. The fraction of sp³-hybridized carbons (Fsp3) is 1.00. The summed E-state index contributed by atoms with van der Waals surface area (Å²) in [5, 5.41) is 12.8. The summed E-state index contributed by atoms with van der Waals surface area (Å²) < 4.78 is 0. The highest BCUT2D eigenvalue weighted by atomic mass is 32.2. The van der Waals surface area contributed by atoms with Gasteiger partial charge in [-0.05, 0) is 18.1 Å². The van der Waals surface area contributed by atoms with Gasteiger partial charge in [-0.15, -0.1) is 0 Å². The van der Waals surface area contributed by atoms with Crippen molar-refractivity contribution in [1.29, 1.82) is 0 Å². The first kappa shape index (κ1) is 14.3. The van der Waals surface area contributed by atoms with Gasteiger partial charge in [-0.3, -0.25) is 0 Å². The van der Waals surface area contributed by atoms with E-state index in [-0.39, 0.29) is 6.10 Å². The van der Waals surface area contributed by atoms with E-state index in [0.717, 1.165) is 17.4 Å². The molecule has 86 valence electrons. The number of aliphatic hydroxyl groups excluding tert-OH is 1. The SMILES string of the molecule is CC(C)CCSCC(O)CNC(C)C. The van der Waals surface area contributed by atoms with Crippen molar-refractivity contribution in [2.45, 2.75) is 46.3 Å². The van der Waals surface area contributed by atoms with Crippen LogP contribution in [-0.2, 0) is 0 Å². The summed E-state index contributed by atoms with van der Waals surface area (Å²) in [7, 11) is 0. The van der Waals surface area contributed by atoms with Crippen LogP contribution in [0, 0.1) is 5.92 Å². The smallest absolute Gasteiger partial charge is 0.0754 e. The number of rotatable bonds is 8. The lowest BCUT2D eigenvalue weighted by molar-refractivity contribution is 0.192. The second-order valence-corrected chi connectivity index (χ2v) is 5.62. The predicted octanol–water partition coefficient (Wildman–Crippen LogP) is 2.12. The zero-order chi connectivity index (χ0) is 11.0. The molecule has 0 aliphatic rings. The molecule has 0 aromatic heterocycles. The van der Waals surface area contributed by atoms with E-state index in [2.05, 4.69) is 33.0 Å². The Morgan fingerprint density at radius 3 is 2.36 bits per heavy atom. The molecule has 0 aromatic carbocycles. The second kappa shape index (κ2) is 8.57. The molecule has 0 aromatic rings. The lowest BCUT2D eigenvalue weighted by atomic mass is 10.2. The molecule has 0 fully saturated rings. The number of nitrogens with one attached hydrogen (secondary N) is 1. The lowest BCUT2D eigenvalue weighted by Gasteiger charge is -2.13. The minimum atomic E-state index is -0.199. The number of aliphatic hydroxyl groups is 1. The van der Waals surface area contributed by atoms with Crippen molar-refractivity contribution < 1.29 is 5.11 Å². The highest BCUT2D eigenvalue weighted by molar-refractivity contribution is 7.99. The lowest BCUT2D eigenvalue weighted by Crippen LogP contribution is -2.33. The molecule has 0 saturated heterocycles. The summed E-state index contributed by atoms with van der Waals surface area (Å²) >= 11 is 1.85. The van der Waals surface area contributed by atoms with Crippen molar-refractivity contribution in [3.63, 3.8) is 0 Å². The summed E-state index contributed by atoms with van der Waals surface area (Å²) in [6.07, 6.45) is 1.05. The maximum Gasteiger partial charge on any atom is 0.0754 e. The van der Waals surface area contributed by atoms with Crippen LogP contribution in [0.25, 0.3) is 0 Å². The van der Waals surface area contributed by atoms with Crippen LogP contribution in [0.3, 0.4) is 0 Å². The van der Waals surface area contributed by atoms with Gasteiger partial charge in [0.05, 0.1) is 6.10 Å². The summed E-state index contributed by atoms with van der Waals surface area (Å²) in [5.41, 5.74) is 0. The molecule has 0 bridgehead atoms. The number of hydrogen-bond acceptors (Lipinski definition) is 3. The van der Waals surface area contributed by atoms with E-state index in [4.69, 9.17) is 0 Å². The first-order valence-electron chi connectivity index (χ1n) is 5.51. The van der Waals surface area contributed by atoms with E-state index in [1.807, 2.05) is 11.8 Å². The largest absolute Gasteiger partial charge is 0.391 e. The monoisotopic (exact) mass is 219 g/mol. The van der Waals surface area contributed by atoms with Crippen molar-refractivity contribution in [3.8, 4) is 0 Å². The van der Waals surface area contributed by atoms with Gasteiger partial charge >= 0.3 is 0 Å². The zero-order valence-corrected chi connectivity index (χ0v) is 10.7. The van der Waals surface area contributed by atoms with E-state index >= 15 is 0 Å². The average molecular weight is 219 g/mol.